The van der Waals surface area contributed by atoms with E-state index in [1.54, 1.807) is 32.5 Å². The molecular formula is C11H19NO4S. The van der Waals surface area contributed by atoms with Crippen LogP contribution in [0.2, 0.25) is 0 Å². The SMILES string of the molecule is C[C@H]1SCC[C@@]1(NC(=O)OC(C)(C)C)C(=O)O. The van der Waals surface area contributed by atoms with Crippen LogP contribution in [0.4, 0.5) is 4.79 Å². The summed E-state index contributed by atoms with van der Waals surface area (Å²) in [4.78, 5) is 23.0. The average Bonchev–Trinajstić information content (AvgIpc) is 2.45. The van der Waals surface area contributed by atoms with E-state index >= 15 is 0 Å². The van der Waals surface area contributed by atoms with Crippen molar-refractivity contribution in [3.8, 4) is 0 Å². The average molecular weight is 261 g/mol. The standard InChI is InChI=1S/C11H19NO4S/c1-7-11(8(13)14,5-6-17-7)12-9(15)16-10(2,3)4/h7H,5-6H2,1-4H3,(H,12,15)(H,13,14)/t7-,11+/m1/s1. The van der Waals surface area contributed by atoms with E-state index in [0.717, 1.165) is 5.75 Å². The molecule has 0 aromatic carbocycles. The number of hydrogen-bond donors (Lipinski definition) is 2. The fourth-order valence-electron chi connectivity index (χ4n) is 1.73. The van der Waals surface area contributed by atoms with E-state index in [-0.39, 0.29) is 5.25 Å². The van der Waals surface area contributed by atoms with Crippen LogP contribution in [0.25, 0.3) is 0 Å². The Kier molecular flexibility index (Phi) is 3.96. The van der Waals surface area contributed by atoms with Gasteiger partial charge in [-0.15, -0.1) is 0 Å². The summed E-state index contributed by atoms with van der Waals surface area (Å²) in [7, 11) is 0. The Hall–Kier alpha value is -0.910. The summed E-state index contributed by atoms with van der Waals surface area (Å²) in [5.74, 6) is -0.274. The second-order valence-corrected chi connectivity index (χ2v) is 6.62. The van der Waals surface area contributed by atoms with Crippen LogP contribution in [0.3, 0.4) is 0 Å². The van der Waals surface area contributed by atoms with Crippen LogP contribution in [0, 0.1) is 0 Å². The number of carboxylic acid groups (broad SMARTS) is 1. The Morgan fingerprint density at radius 3 is 2.41 bits per heavy atom. The lowest BCUT2D eigenvalue weighted by Gasteiger charge is -2.30. The summed E-state index contributed by atoms with van der Waals surface area (Å²) in [6.07, 6.45) is -0.248. The second kappa shape index (κ2) is 4.76. The lowest BCUT2D eigenvalue weighted by atomic mass is 9.93. The zero-order chi connectivity index (χ0) is 13.3. The van der Waals surface area contributed by atoms with E-state index in [0.29, 0.717) is 6.42 Å². The molecule has 98 valence electrons. The molecule has 6 heteroatoms. The molecule has 1 fully saturated rings. The van der Waals surface area contributed by atoms with E-state index in [2.05, 4.69) is 5.32 Å². The second-order valence-electron chi connectivity index (χ2n) is 5.17. The van der Waals surface area contributed by atoms with Gasteiger partial charge in [0.1, 0.15) is 5.60 Å². The van der Waals surface area contributed by atoms with Gasteiger partial charge in [-0.2, -0.15) is 11.8 Å². The van der Waals surface area contributed by atoms with Gasteiger partial charge in [-0.3, -0.25) is 0 Å². The summed E-state index contributed by atoms with van der Waals surface area (Å²) in [5, 5.41) is 11.7. The molecule has 1 saturated heterocycles. The van der Waals surface area contributed by atoms with Crippen LogP contribution in [-0.2, 0) is 9.53 Å². The first-order chi connectivity index (χ1) is 7.67. The van der Waals surface area contributed by atoms with Gasteiger partial charge in [0.15, 0.2) is 5.54 Å². The van der Waals surface area contributed by atoms with Gasteiger partial charge in [-0.25, -0.2) is 9.59 Å². The van der Waals surface area contributed by atoms with Crippen molar-refractivity contribution in [3.05, 3.63) is 0 Å². The topological polar surface area (TPSA) is 75.6 Å². The molecule has 0 aromatic rings. The molecule has 0 spiro atoms. The van der Waals surface area contributed by atoms with Crippen LogP contribution in [0.15, 0.2) is 0 Å². The highest BCUT2D eigenvalue weighted by atomic mass is 32.2. The Bertz CT molecular complexity index is 326. The number of ether oxygens (including phenoxy) is 1. The monoisotopic (exact) mass is 261 g/mol. The fourth-order valence-corrected chi connectivity index (χ4v) is 3.08. The number of thioether (sulfide) groups is 1. The van der Waals surface area contributed by atoms with Gasteiger partial charge in [0.2, 0.25) is 0 Å². The van der Waals surface area contributed by atoms with Crippen molar-refractivity contribution < 1.29 is 19.4 Å². The van der Waals surface area contributed by atoms with Gasteiger partial charge >= 0.3 is 12.1 Å². The highest BCUT2D eigenvalue weighted by Crippen LogP contribution is 2.36. The molecule has 5 nitrogen and oxygen atoms in total. The van der Waals surface area contributed by atoms with Crippen molar-refractivity contribution in [1.82, 2.24) is 5.32 Å². The molecule has 2 N–H and O–H groups in total. The van der Waals surface area contributed by atoms with Gasteiger partial charge in [-0.1, -0.05) is 6.92 Å². The summed E-state index contributed by atoms with van der Waals surface area (Å²) in [5.41, 5.74) is -1.83. The van der Waals surface area contributed by atoms with E-state index in [1.165, 1.54) is 0 Å². The summed E-state index contributed by atoms with van der Waals surface area (Å²) in [6, 6.07) is 0. The minimum atomic E-state index is -1.20. The van der Waals surface area contributed by atoms with Crippen molar-refractivity contribution in [2.45, 2.75) is 50.5 Å². The number of carboxylic acids is 1. The van der Waals surface area contributed by atoms with Crippen LogP contribution >= 0.6 is 11.8 Å². The molecule has 0 saturated carbocycles. The van der Waals surface area contributed by atoms with E-state index in [4.69, 9.17) is 4.74 Å². The van der Waals surface area contributed by atoms with Crippen molar-refractivity contribution in [2.75, 3.05) is 5.75 Å². The molecule has 0 aliphatic carbocycles. The van der Waals surface area contributed by atoms with Crippen LogP contribution in [0.1, 0.15) is 34.1 Å². The largest absolute Gasteiger partial charge is 0.479 e. The first kappa shape index (κ1) is 14.2. The molecule has 0 bridgehead atoms. The van der Waals surface area contributed by atoms with Crippen molar-refractivity contribution in [2.24, 2.45) is 0 Å². The number of carbonyl (C=O) groups excluding carboxylic acids is 1. The molecule has 1 aliphatic heterocycles. The number of rotatable bonds is 2. The van der Waals surface area contributed by atoms with Crippen molar-refractivity contribution in [3.63, 3.8) is 0 Å². The Labute approximate surface area is 105 Å². The van der Waals surface area contributed by atoms with E-state index in [9.17, 15) is 14.7 Å². The van der Waals surface area contributed by atoms with Gasteiger partial charge in [-0.05, 0) is 32.9 Å². The number of alkyl carbamates (subject to hydrolysis) is 1. The van der Waals surface area contributed by atoms with Crippen molar-refractivity contribution >= 4 is 23.8 Å². The van der Waals surface area contributed by atoms with Gasteiger partial charge < -0.3 is 15.2 Å². The Morgan fingerprint density at radius 2 is 2.06 bits per heavy atom. The first-order valence-electron chi connectivity index (χ1n) is 5.53. The highest BCUT2D eigenvalue weighted by Gasteiger charge is 2.49. The molecular weight excluding hydrogens is 242 g/mol. The maximum absolute atomic E-state index is 11.7. The number of aliphatic carboxylic acids is 1. The number of hydrogen-bond acceptors (Lipinski definition) is 4. The number of nitrogens with one attached hydrogen (secondary N) is 1. The molecule has 17 heavy (non-hydrogen) atoms. The molecule has 1 aliphatic rings. The third kappa shape index (κ3) is 3.28. The third-order valence-electron chi connectivity index (χ3n) is 2.66. The van der Waals surface area contributed by atoms with Gasteiger partial charge in [0.05, 0.1) is 0 Å². The third-order valence-corrected chi connectivity index (χ3v) is 4.01. The molecule has 1 rings (SSSR count). The zero-order valence-electron chi connectivity index (χ0n) is 10.6. The number of amides is 1. The molecule has 1 heterocycles. The Morgan fingerprint density at radius 1 is 1.47 bits per heavy atom. The summed E-state index contributed by atoms with van der Waals surface area (Å²) in [6.45, 7) is 7.04. The minimum absolute atomic E-state index is 0.160. The zero-order valence-corrected chi connectivity index (χ0v) is 11.4. The molecule has 0 radical (unpaired) electrons. The van der Waals surface area contributed by atoms with E-state index < -0.39 is 23.2 Å². The van der Waals surface area contributed by atoms with Crippen molar-refractivity contribution in [1.29, 1.82) is 0 Å². The van der Waals surface area contributed by atoms with Gasteiger partial charge in [0, 0.05) is 5.25 Å². The lowest BCUT2D eigenvalue weighted by molar-refractivity contribution is -0.144. The normalized spacial score (nSPS) is 28.8. The van der Waals surface area contributed by atoms with Gasteiger partial charge in [0.25, 0.3) is 0 Å². The molecule has 0 unspecified atom stereocenters. The predicted octanol–water partition coefficient (Wildman–Crippen LogP) is 1.86. The maximum atomic E-state index is 11.7. The molecule has 0 aromatic heterocycles. The first-order valence-corrected chi connectivity index (χ1v) is 6.58. The Balaban J connectivity index is 2.75. The van der Waals surface area contributed by atoms with E-state index in [1.807, 2.05) is 6.92 Å². The minimum Gasteiger partial charge on any atom is -0.479 e. The fraction of sp³-hybridized carbons (Fsp3) is 0.818. The summed E-state index contributed by atoms with van der Waals surface area (Å²) < 4.78 is 5.10. The molecule has 1 amide bonds. The van der Waals surface area contributed by atoms with Crippen LogP contribution in [-0.4, -0.2) is 39.3 Å². The summed E-state index contributed by atoms with van der Waals surface area (Å²) >= 11 is 1.54. The van der Waals surface area contributed by atoms with Crippen LogP contribution in [0.5, 0.6) is 0 Å². The maximum Gasteiger partial charge on any atom is 0.408 e. The lowest BCUT2D eigenvalue weighted by Crippen LogP contribution is -2.58. The predicted molar refractivity (Wildman–Crippen MR) is 66.3 cm³/mol. The smallest absolute Gasteiger partial charge is 0.408 e. The quantitative estimate of drug-likeness (QED) is 0.793. The number of carbonyl (C=O) groups is 2. The highest BCUT2D eigenvalue weighted by molar-refractivity contribution is 8.00. The molecule has 2 atom stereocenters. The van der Waals surface area contributed by atoms with Crippen LogP contribution < -0.4 is 5.32 Å².